The number of carbonyl (C=O) groups is 1. The molecule has 1 saturated heterocycles. The first kappa shape index (κ1) is 14.9. The molecule has 1 N–H and O–H groups in total. The summed E-state index contributed by atoms with van der Waals surface area (Å²) in [6, 6.07) is 8.29. The summed E-state index contributed by atoms with van der Waals surface area (Å²) in [4.78, 5) is 16.8. The molecule has 110 valence electrons. The Morgan fingerprint density at radius 1 is 1.35 bits per heavy atom. The van der Waals surface area contributed by atoms with E-state index in [4.69, 9.17) is 0 Å². The molecule has 1 fully saturated rings. The van der Waals surface area contributed by atoms with Crippen LogP contribution in [0.25, 0.3) is 0 Å². The minimum absolute atomic E-state index is 0.0244. The van der Waals surface area contributed by atoms with Crippen LogP contribution >= 0.6 is 0 Å². The van der Waals surface area contributed by atoms with Gasteiger partial charge in [0, 0.05) is 18.3 Å². The fourth-order valence-corrected chi connectivity index (χ4v) is 2.77. The Morgan fingerprint density at radius 3 is 2.60 bits per heavy atom. The average Bonchev–Trinajstić information content (AvgIpc) is 2.44. The number of nitrogens with zero attached hydrogens (tertiary/aromatic N) is 2. The Balaban J connectivity index is 2.00. The first-order chi connectivity index (χ1) is 9.61. The normalized spacial score (nSPS) is 16.9. The molecule has 1 aliphatic rings. The van der Waals surface area contributed by atoms with Crippen molar-refractivity contribution in [3.63, 3.8) is 0 Å². The third-order valence-corrected chi connectivity index (χ3v) is 4.12. The van der Waals surface area contributed by atoms with Crippen molar-refractivity contribution >= 4 is 11.7 Å². The second-order valence-corrected chi connectivity index (χ2v) is 5.57. The van der Waals surface area contributed by atoms with Gasteiger partial charge in [-0.2, -0.15) is 0 Å². The molecule has 2 rings (SSSR count). The lowest BCUT2D eigenvalue weighted by molar-refractivity contribution is 0.143. The van der Waals surface area contributed by atoms with Gasteiger partial charge in [0.2, 0.25) is 0 Å². The van der Waals surface area contributed by atoms with Crippen molar-refractivity contribution in [3.05, 3.63) is 29.8 Å². The average molecular weight is 275 g/mol. The van der Waals surface area contributed by atoms with Crippen molar-refractivity contribution in [1.82, 2.24) is 9.80 Å². The Labute approximate surface area is 121 Å². The van der Waals surface area contributed by atoms with E-state index >= 15 is 0 Å². The van der Waals surface area contributed by atoms with Crippen LogP contribution in [0.3, 0.4) is 0 Å². The van der Waals surface area contributed by atoms with Crippen LogP contribution in [0.5, 0.6) is 0 Å². The zero-order valence-electron chi connectivity index (χ0n) is 12.7. The highest BCUT2D eigenvalue weighted by molar-refractivity contribution is 5.90. The summed E-state index contributed by atoms with van der Waals surface area (Å²) in [6.45, 7) is 6.96. The number of hydrogen-bond acceptors (Lipinski definition) is 2. The summed E-state index contributed by atoms with van der Waals surface area (Å²) in [6.07, 6.45) is 2.12. The van der Waals surface area contributed by atoms with Crippen molar-refractivity contribution in [1.29, 1.82) is 0 Å². The van der Waals surface area contributed by atoms with Gasteiger partial charge in [-0.25, -0.2) is 4.79 Å². The number of aryl methyl sites for hydroxylation is 1. The quantitative estimate of drug-likeness (QED) is 0.920. The van der Waals surface area contributed by atoms with Crippen LogP contribution in [0.4, 0.5) is 10.5 Å². The van der Waals surface area contributed by atoms with E-state index in [-0.39, 0.29) is 6.03 Å². The number of para-hydroxylation sites is 1. The smallest absolute Gasteiger partial charge is 0.322 e. The van der Waals surface area contributed by atoms with Crippen molar-refractivity contribution in [2.24, 2.45) is 0 Å². The molecule has 0 unspecified atom stereocenters. The van der Waals surface area contributed by atoms with Crippen LogP contribution in [-0.2, 0) is 0 Å². The minimum Gasteiger partial charge on any atom is -0.322 e. The number of piperidine rings is 1. The summed E-state index contributed by atoms with van der Waals surface area (Å²) in [5.41, 5.74) is 2.00. The number of urea groups is 1. The van der Waals surface area contributed by atoms with Gasteiger partial charge in [0.25, 0.3) is 0 Å². The minimum atomic E-state index is 0.0244. The highest BCUT2D eigenvalue weighted by Gasteiger charge is 2.25. The molecule has 0 atom stereocenters. The molecular weight excluding hydrogens is 250 g/mol. The van der Waals surface area contributed by atoms with Crippen LogP contribution in [0, 0.1) is 6.92 Å². The number of nitrogens with one attached hydrogen (secondary N) is 1. The third-order valence-electron chi connectivity index (χ3n) is 4.12. The van der Waals surface area contributed by atoms with Gasteiger partial charge in [0.05, 0.1) is 0 Å². The predicted octanol–water partition coefficient (Wildman–Crippen LogP) is 2.94. The largest absolute Gasteiger partial charge is 0.322 e. The van der Waals surface area contributed by atoms with Gasteiger partial charge in [-0.3, -0.25) is 0 Å². The van der Waals surface area contributed by atoms with Crippen molar-refractivity contribution in [2.75, 3.05) is 32.0 Å². The SMILES string of the molecule is CCN(C(=O)Nc1ccccc1C)C1CCN(C)CC1. The van der Waals surface area contributed by atoms with Gasteiger partial charge in [-0.1, -0.05) is 18.2 Å². The summed E-state index contributed by atoms with van der Waals surface area (Å²) < 4.78 is 0. The first-order valence-electron chi connectivity index (χ1n) is 7.43. The summed E-state index contributed by atoms with van der Waals surface area (Å²) in [7, 11) is 2.14. The molecule has 1 aliphatic heterocycles. The van der Waals surface area contributed by atoms with Gasteiger partial charge in [-0.05, 0) is 58.5 Å². The van der Waals surface area contributed by atoms with Gasteiger partial charge in [0.15, 0.2) is 0 Å². The Kier molecular flexibility index (Phi) is 5.01. The van der Waals surface area contributed by atoms with Crippen molar-refractivity contribution < 1.29 is 4.79 Å². The number of anilines is 1. The maximum Gasteiger partial charge on any atom is 0.322 e. The molecule has 0 bridgehead atoms. The standard InChI is InChI=1S/C16H25N3O/c1-4-19(14-9-11-18(3)12-10-14)16(20)17-15-8-6-5-7-13(15)2/h5-8,14H,4,9-12H2,1-3H3,(H,17,20). The molecule has 0 aliphatic carbocycles. The Hall–Kier alpha value is -1.55. The van der Waals surface area contributed by atoms with Gasteiger partial charge < -0.3 is 15.1 Å². The summed E-state index contributed by atoms with van der Waals surface area (Å²) in [5.74, 6) is 0. The molecule has 0 aromatic heterocycles. The maximum absolute atomic E-state index is 12.5. The van der Waals surface area contributed by atoms with E-state index in [1.54, 1.807) is 0 Å². The lowest BCUT2D eigenvalue weighted by atomic mass is 10.0. The van der Waals surface area contributed by atoms with Crippen LogP contribution in [0.15, 0.2) is 24.3 Å². The number of benzene rings is 1. The van der Waals surface area contributed by atoms with E-state index in [2.05, 4.69) is 24.2 Å². The second-order valence-electron chi connectivity index (χ2n) is 5.57. The van der Waals surface area contributed by atoms with E-state index < -0.39 is 0 Å². The van der Waals surface area contributed by atoms with Gasteiger partial charge in [-0.15, -0.1) is 0 Å². The first-order valence-corrected chi connectivity index (χ1v) is 7.43. The van der Waals surface area contributed by atoms with Crippen LogP contribution < -0.4 is 5.32 Å². The van der Waals surface area contributed by atoms with Crippen molar-refractivity contribution in [2.45, 2.75) is 32.7 Å². The van der Waals surface area contributed by atoms with E-state index in [9.17, 15) is 4.79 Å². The summed E-state index contributed by atoms with van der Waals surface area (Å²) in [5, 5.41) is 3.04. The number of amides is 2. The zero-order valence-corrected chi connectivity index (χ0v) is 12.7. The highest BCUT2D eigenvalue weighted by atomic mass is 16.2. The third kappa shape index (κ3) is 3.51. The number of rotatable bonds is 3. The van der Waals surface area contributed by atoms with Crippen LogP contribution in [0.2, 0.25) is 0 Å². The molecule has 4 nitrogen and oxygen atoms in total. The van der Waals surface area contributed by atoms with E-state index in [0.29, 0.717) is 6.04 Å². The molecule has 0 spiro atoms. The zero-order chi connectivity index (χ0) is 14.5. The summed E-state index contributed by atoms with van der Waals surface area (Å²) >= 11 is 0. The maximum atomic E-state index is 12.5. The monoisotopic (exact) mass is 275 g/mol. The molecule has 1 aromatic rings. The lowest BCUT2D eigenvalue weighted by Crippen LogP contribution is -2.48. The highest BCUT2D eigenvalue weighted by Crippen LogP contribution is 2.18. The van der Waals surface area contributed by atoms with Gasteiger partial charge in [0.1, 0.15) is 0 Å². The van der Waals surface area contributed by atoms with Gasteiger partial charge >= 0.3 is 6.03 Å². The fourth-order valence-electron chi connectivity index (χ4n) is 2.77. The van der Waals surface area contributed by atoms with Crippen LogP contribution in [0.1, 0.15) is 25.3 Å². The molecule has 0 saturated carbocycles. The van der Waals surface area contributed by atoms with E-state index in [1.165, 1.54) is 0 Å². The van der Waals surface area contributed by atoms with Crippen LogP contribution in [-0.4, -0.2) is 48.6 Å². The molecular formula is C16H25N3O. The predicted molar refractivity (Wildman–Crippen MR) is 83.1 cm³/mol. The molecule has 2 amide bonds. The topological polar surface area (TPSA) is 35.6 Å². The number of likely N-dealkylation sites (tertiary alicyclic amines) is 1. The molecule has 20 heavy (non-hydrogen) atoms. The lowest BCUT2D eigenvalue weighted by Gasteiger charge is -2.36. The van der Waals surface area contributed by atoms with E-state index in [0.717, 1.165) is 43.7 Å². The Morgan fingerprint density at radius 2 is 2.00 bits per heavy atom. The number of hydrogen-bond donors (Lipinski definition) is 1. The number of carbonyl (C=O) groups excluding carboxylic acids is 1. The molecule has 1 heterocycles. The fraction of sp³-hybridized carbons (Fsp3) is 0.562. The molecule has 0 radical (unpaired) electrons. The van der Waals surface area contributed by atoms with E-state index in [1.807, 2.05) is 36.1 Å². The second kappa shape index (κ2) is 6.75. The molecule has 4 heteroatoms. The molecule has 1 aromatic carbocycles. The Bertz CT molecular complexity index is 453. The van der Waals surface area contributed by atoms with Crippen molar-refractivity contribution in [3.8, 4) is 0 Å².